The van der Waals surface area contributed by atoms with Crippen molar-refractivity contribution < 1.29 is 4.79 Å². The van der Waals surface area contributed by atoms with Crippen LogP contribution in [0.2, 0.25) is 0 Å². The van der Waals surface area contributed by atoms with Gasteiger partial charge in [-0.3, -0.25) is 0 Å². The van der Waals surface area contributed by atoms with E-state index in [0.29, 0.717) is 12.1 Å². The fourth-order valence-electron chi connectivity index (χ4n) is 1.27. The zero-order chi connectivity index (χ0) is 9.98. The molecular formula is C9H22N2O. The lowest BCUT2D eigenvalue weighted by Crippen LogP contribution is -2.35. The molecule has 4 N–H and O–H groups in total. The number of nitrogens with two attached hydrogens (primary N) is 2. The molecule has 0 aromatic heterocycles. The summed E-state index contributed by atoms with van der Waals surface area (Å²) < 4.78 is 0. The maximum absolute atomic E-state index is 8.00. The summed E-state index contributed by atoms with van der Waals surface area (Å²) in [5.74, 6) is 0. The van der Waals surface area contributed by atoms with Crippen LogP contribution in [-0.2, 0) is 4.79 Å². The molecule has 2 atom stereocenters. The standard InChI is InChI=1S/C6H14N2.C2H6.CH2O/c7-5-2-1-3-6(8)4-5;2*1-2/h5-6H,1-4,7-8H2;1-2H3;1H2. The lowest BCUT2D eigenvalue weighted by atomic mass is 9.92. The molecule has 1 aliphatic carbocycles. The van der Waals surface area contributed by atoms with E-state index in [4.69, 9.17) is 16.3 Å². The third-order valence-electron chi connectivity index (χ3n) is 1.76. The molecule has 0 saturated heterocycles. The minimum atomic E-state index is 0.388. The zero-order valence-electron chi connectivity index (χ0n) is 8.25. The summed E-state index contributed by atoms with van der Waals surface area (Å²) in [7, 11) is 0. The van der Waals surface area contributed by atoms with Crippen LogP contribution in [0.1, 0.15) is 39.5 Å². The van der Waals surface area contributed by atoms with E-state index in [1.165, 1.54) is 19.3 Å². The van der Waals surface area contributed by atoms with Gasteiger partial charge in [-0.15, -0.1) is 0 Å². The minimum Gasteiger partial charge on any atom is -0.328 e. The van der Waals surface area contributed by atoms with Gasteiger partial charge in [-0.05, 0) is 19.3 Å². The molecule has 0 bridgehead atoms. The van der Waals surface area contributed by atoms with Crippen LogP contribution in [-0.4, -0.2) is 18.9 Å². The summed E-state index contributed by atoms with van der Waals surface area (Å²) in [5.41, 5.74) is 11.3. The first-order valence-electron chi connectivity index (χ1n) is 4.59. The number of carbonyl (C=O) groups is 1. The summed E-state index contributed by atoms with van der Waals surface area (Å²) in [6.07, 6.45) is 4.60. The Kier molecular flexibility index (Phi) is 12.5. The van der Waals surface area contributed by atoms with Crippen LogP contribution < -0.4 is 11.5 Å². The molecule has 2 unspecified atom stereocenters. The van der Waals surface area contributed by atoms with E-state index in [1.807, 2.05) is 20.6 Å². The van der Waals surface area contributed by atoms with Crippen LogP contribution >= 0.6 is 0 Å². The van der Waals surface area contributed by atoms with E-state index in [-0.39, 0.29) is 0 Å². The van der Waals surface area contributed by atoms with Crippen LogP contribution in [0.25, 0.3) is 0 Å². The van der Waals surface area contributed by atoms with Gasteiger partial charge in [0.25, 0.3) is 0 Å². The van der Waals surface area contributed by atoms with Gasteiger partial charge >= 0.3 is 0 Å². The average Bonchev–Trinajstić information content (AvgIpc) is 2.11. The van der Waals surface area contributed by atoms with Gasteiger partial charge in [0.2, 0.25) is 0 Å². The molecule has 74 valence electrons. The Balaban J connectivity index is 0. The van der Waals surface area contributed by atoms with Crippen LogP contribution in [0.4, 0.5) is 0 Å². The van der Waals surface area contributed by atoms with Gasteiger partial charge in [0.05, 0.1) is 0 Å². The second-order valence-corrected chi connectivity index (χ2v) is 2.69. The van der Waals surface area contributed by atoms with Crippen molar-refractivity contribution in [3.05, 3.63) is 0 Å². The lowest BCUT2D eigenvalue weighted by Gasteiger charge is -2.22. The predicted molar refractivity (Wildman–Crippen MR) is 52.9 cm³/mol. The average molecular weight is 174 g/mol. The van der Waals surface area contributed by atoms with E-state index in [9.17, 15) is 0 Å². The monoisotopic (exact) mass is 174 g/mol. The molecule has 3 heteroatoms. The van der Waals surface area contributed by atoms with E-state index >= 15 is 0 Å². The van der Waals surface area contributed by atoms with Gasteiger partial charge in [-0.25, -0.2) is 0 Å². The summed E-state index contributed by atoms with van der Waals surface area (Å²) in [5, 5.41) is 0. The molecule has 1 aliphatic rings. The van der Waals surface area contributed by atoms with Gasteiger partial charge in [0.1, 0.15) is 6.79 Å². The normalized spacial score (nSPS) is 27.3. The van der Waals surface area contributed by atoms with Crippen molar-refractivity contribution in [1.29, 1.82) is 0 Å². The number of hydrogen-bond donors (Lipinski definition) is 2. The molecule has 12 heavy (non-hydrogen) atoms. The van der Waals surface area contributed by atoms with Crippen LogP contribution in [0.5, 0.6) is 0 Å². The summed E-state index contributed by atoms with van der Waals surface area (Å²) >= 11 is 0. The van der Waals surface area contributed by atoms with Crippen molar-refractivity contribution in [2.75, 3.05) is 0 Å². The first kappa shape index (κ1) is 14.1. The topological polar surface area (TPSA) is 69.1 Å². The summed E-state index contributed by atoms with van der Waals surface area (Å²) in [4.78, 5) is 8.00. The Morgan fingerprint density at radius 1 is 1.08 bits per heavy atom. The van der Waals surface area contributed by atoms with Gasteiger partial charge in [0.15, 0.2) is 0 Å². The van der Waals surface area contributed by atoms with E-state index < -0.39 is 0 Å². The lowest BCUT2D eigenvalue weighted by molar-refractivity contribution is -0.0979. The van der Waals surface area contributed by atoms with Crippen molar-refractivity contribution in [3.8, 4) is 0 Å². The Bertz CT molecular complexity index is 80.6. The van der Waals surface area contributed by atoms with Crippen LogP contribution in [0.15, 0.2) is 0 Å². The van der Waals surface area contributed by atoms with Crippen molar-refractivity contribution in [2.45, 2.75) is 51.6 Å². The van der Waals surface area contributed by atoms with Crippen molar-refractivity contribution in [2.24, 2.45) is 11.5 Å². The summed E-state index contributed by atoms with van der Waals surface area (Å²) in [6.45, 7) is 6.00. The number of carbonyl (C=O) groups excluding carboxylic acids is 1. The minimum absolute atomic E-state index is 0.388. The maximum Gasteiger partial charge on any atom is 0.106 e. The Morgan fingerprint density at radius 3 is 1.58 bits per heavy atom. The molecule has 1 rings (SSSR count). The summed E-state index contributed by atoms with van der Waals surface area (Å²) in [6, 6.07) is 0.775. The number of hydrogen-bond acceptors (Lipinski definition) is 3. The van der Waals surface area contributed by atoms with E-state index in [0.717, 1.165) is 6.42 Å². The maximum atomic E-state index is 8.00. The van der Waals surface area contributed by atoms with E-state index in [1.54, 1.807) is 0 Å². The quantitative estimate of drug-likeness (QED) is 0.577. The van der Waals surface area contributed by atoms with E-state index in [2.05, 4.69) is 0 Å². The van der Waals surface area contributed by atoms with Gasteiger partial charge in [-0.1, -0.05) is 20.3 Å². The third-order valence-corrected chi connectivity index (χ3v) is 1.76. The third kappa shape index (κ3) is 7.69. The molecule has 1 fully saturated rings. The molecular weight excluding hydrogens is 152 g/mol. The SMILES string of the molecule is C=O.CC.NC1CCCC(N)C1. The van der Waals surface area contributed by atoms with Gasteiger partial charge < -0.3 is 16.3 Å². The number of rotatable bonds is 0. The Morgan fingerprint density at radius 2 is 1.42 bits per heavy atom. The molecule has 3 nitrogen and oxygen atoms in total. The van der Waals surface area contributed by atoms with Gasteiger partial charge in [0, 0.05) is 12.1 Å². The Labute approximate surface area is 75.5 Å². The second kappa shape index (κ2) is 10.6. The second-order valence-electron chi connectivity index (χ2n) is 2.69. The molecule has 1 saturated carbocycles. The highest BCUT2D eigenvalue weighted by Gasteiger charge is 2.14. The molecule has 0 amide bonds. The fourth-order valence-corrected chi connectivity index (χ4v) is 1.27. The molecule has 0 aromatic carbocycles. The Hall–Kier alpha value is -0.410. The largest absolute Gasteiger partial charge is 0.328 e. The first-order chi connectivity index (χ1) is 5.79. The first-order valence-corrected chi connectivity index (χ1v) is 4.59. The highest BCUT2D eigenvalue weighted by atomic mass is 16.1. The molecule has 0 aliphatic heterocycles. The molecule has 0 heterocycles. The molecule has 0 radical (unpaired) electrons. The smallest absolute Gasteiger partial charge is 0.106 e. The van der Waals surface area contributed by atoms with Crippen molar-refractivity contribution in [3.63, 3.8) is 0 Å². The highest BCUT2D eigenvalue weighted by Crippen LogP contribution is 2.14. The van der Waals surface area contributed by atoms with Crippen molar-refractivity contribution >= 4 is 6.79 Å². The van der Waals surface area contributed by atoms with Crippen LogP contribution in [0, 0.1) is 0 Å². The highest BCUT2D eigenvalue weighted by molar-refractivity contribution is 5.10. The predicted octanol–water partition coefficient (Wildman–Crippen LogP) is 1.06. The van der Waals surface area contributed by atoms with Gasteiger partial charge in [-0.2, -0.15) is 0 Å². The molecule has 0 spiro atoms. The van der Waals surface area contributed by atoms with Crippen LogP contribution in [0.3, 0.4) is 0 Å². The van der Waals surface area contributed by atoms with Crippen molar-refractivity contribution in [1.82, 2.24) is 0 Å². The zero-order valence-corrected chi connectivity index (χ0v) is 8.25. The fraction of sp³-hybridized carbons (Fsp3) is 0.889. The molecule has 0 aromatic rings.